The predicted octanol–water partition coefficient (Wildman–Crippen LogP) is 2.37. The Balaban J connectivity index is 1.59. The Morgan fingerprint density at radius 2 is 2.00 bits per heavy atom. The van der Waals surface area contributed by atoms with E-state index in [1.165, 1.54) is 11.9 Å². The van der Waals surface area contributed by atoms with E-state index in [1.807, 2.05) is 19.1 Å². The van der Waals surface area contributed by atoms with Gasteiger partial charge in [0.25, 0.3) is 5.91 Å². The average molecular weight is 435 g/mol. The van der Waals surface area contributed by atoms with Crippen molar-refractivity contribution in [3.63, 3.8) is 0 Å². The number of nitrogens with zero attached hydrogens (tertiary/aromatic N) is 5. The zero-order chi connectivity index (χ0) is 24.2. The van der Waals surface area contributed by atoms with Gasteiger partial charge in [0.05, 0.1) is 43.4 Å². The lowest BCUT2D eigenvalue weighted by Gasteiger charge is -2.30. The predicted molar refractivity (Wildman–Crippen MR) is 120 cm³/mol. The van der Waals surface area contributed by atoms with Gasteiger partial charge in [-0.1, -0.05) is 6.07 Å². The van der Waals surface area contributed by atoms with Crippen molar-refractivity contribution in [2.75, 3.05) is 29.6 Å². The van der Waals surface area contributed by atoms with Crippen molar-refractivity contribution in [2.45, 2.75) is 26.3 Å². The third kappa shape index (κ3) is 3.53. The quantitative estimate of drug-likeness (QED) is 0.564. The van der Waals surface area contributed by atoms with Crippen molar-refractivity contribution >= 4 is 34.7 Å². The van der Waals surface area contributed by atoms with Crippen LogP contribution in [0.5, 0.6) is 0 Å². The van der Waals surface area contributed by atoms with Gasteiger partial charge >= 0.3 is 0 Å². The topological polar surface area (TPSA) is 117 Å². The fraction of sp³-hybridized carbons (Fsp3) is 0.318. The second-order valence-electron chi connectivity index (χ2n) is 7.89. The van der Waals surface area contributed by atoms with Gasteiger partial charge in [0.2, 0.25) is 5.91 Å². The molecule has 3 heterocycles. The molecule has 32 heavy (non-hydrogen) atoms. The number of rotatable bonds is 5. The molecule has 2 amide bonds. The summed E-state index contributed by atoms with van der Waals surface area (Å²) < 4.78 is 19.0. The van der Waals surface area contributed by atoms with Crippen molar-refractivity contribution in [3.8, 4) is 5.69 Å². The van der Waals surface area contributed by atoms with Crippen LogP contribution in [0.2, 0.25) is 0 Å². The summed E-state index contributed by atoms with van der Waals surface area (Å²) in [7, 11) is 3.16. The maximum Gasteiger partial charge on any atom is 0.273 e. The molecule has 1 aliphatic heterocycles. The first-order valence-corrected chi connectivity index (χ1v) is 10.3. The Bertz CT molecular complexity index is 1320. The van der Waals surface area contributed by atoms with Crippen LogP contribution in [0.25, 0.3) is 5.69 Å². The van der Waals surface area contributed by atoms with Gasteiger partial charge in [-0.3, -0.25) is 9.59 Å². The Morgan fingerprint density at radius 1 is 1.19 bits per heavy atom. The summed E-state index contributed by atoms with van der Waals surface area (Å²) in [6.07, 6.45) is 1.69. The average Bonchev–Trinajstić information content (AvgIpc) is 3.58. The van der Waals surface area contributed by atoms with Crippen molar-refractivity contribution in [2.24, 2.45) is 5.92 Å². The Kier molecular flexibility index (Phi) is 4.22. The van der Waals surface area contributed by atoms with Crippen LogP contribution in [-0.4, -0.2) is 45.9 Å². The normalized spacial score (nSPS) is 16.9. The Hall–Kier alpha value is -3.95. The van der Waals surface area contributed by atoms with Crippen molar-refractivity contribution < 1.29 is 12.3 Å². The van der Waals surface area contributed by atoms with Crippen LogP contribution < -0.4 is 20.9 Å². The third-order valence-corrected chi connectivity index (χ3v) is 5.40. The van der Waals surface area contributed by atoms with E-state index in [4.69, 9.17) is 2.74 Å². The standard InChI is InChI=1S/C22H24N8O2/c1-12-9-14-11-29(3)20-15(5-4-6-17(20)30(14)28-12)24-16-10-18(25-21(31)13-7-8-13)26-27-19(16)22(32)23-2/h4-6,9-10,13H,7-8,11H2,1-3H3,(H,23,32)(H2,24,25,26,31)/i11D2. The van der Waals surface area contributed by atoms with Crippen LogP contribution in [0.3, 0.4) is 0 Å². The number of aromatic nitrogens is 4. The summed E-state index contributed by atoms with van der Waals surface area (Å²) in [4.78, 5) is 26.2. The zero-order valence-corrected chi connectivity index (χ0v) is 17.9. The molecule has 164 valence electrons. The van der Waals surface area contributed by atoms with Crippen molar-refractivity contribution in [1.82, 2.24) is 25.3 Å². The van der Waals surface area contributed by atoms with E-state index in [9.17, 15) is 9.59 Å². The number of benzene rings is 1. The zero-order valence-electron chi connectivity index (χ0n) is 19.9. The van der Waals surface area contributed by atoms with Gasteiger partial charge < -0.3 is 20.9 Å². The number of aryl methyl sites for hydroxylation is 1. The molecule has 10 nitrogen and oxygen atoms in total. The van der Waals surface area contributed by atoms with E-state index in [2.05, 4.69) is 31.2 Å². The van der Waals surface area contributed by atoms with Gasteiger partial charge in [-0.2, -0.15) is 5.10 Å². The molecule has 0 radical (unpaired) electrons. The number of para-hydroxylation sites is 1. The molecular formula is C22H24N8O2. The highest BCUT2D eigenvalue weighted by atomic mass is 16.2. The van der Waals surface area contributed by atoms with E-state index in [0.717, 1.165) is 12.8 Å². The first-order chi connectivity index (χ1) is 16.2. The van der Waals surface area contributed by atoms with Crippen molar-refractivity contribution in [1.29, 1.82) is 0 Å². The number of amides is 2. The highest BCUT2D eigenvalue weighted by Gasteiger charge is 2.30. The number of hydrogen-bond acceptors (Lipinski definition) is 7. The minimum absolute atomic E-state index is 0.0134. The van der Waals surface area contributed by atoms with Gasteiger partial charge in [-0.25, -0.2) is 4.68 Å². The van der Waals surface area contributed by atoms with Crippen LogP contribution in [0.1, 0.15) is 37.5 Å². The first-order valence-electron chi connectivity index (χ1n) is 11.3. The molecular weight excluding hydrogens is 408 g/mol. The number of hydrogen-bond donors (Lipinski definition) is 3. The second-order valence-corrected chi connectivity index (χ2v) is 7.89. The lowest BCUT2D eigenvalue weighted by molar-refractivity contribution is -0.117. The molecule has 0 unspecified atom stereocenters. The maximum absolute atomic E-state index is 12.5. The van der Waals surface area contributed by atoms with E-state index < -0.39 is 12.4 Å². The first kappa shape index (κ1) is 17.7. The summed E-state index contributed by atoms with van der Waals surface area (Å²) in [5, 5.41) is 21.0. The van der Waals surface area contributed by atoms with E-state index in [-0.39, 0.29) is 23.3 Å². The fourth-order valence-electron chi connectivity index (χ4n) is 3.70. The van der Waals surface area contributed by atoms with Gasteiger partial charge in [-0.15, -0.1) is 10.2 Å². The molecule has 0 saturated heterocycles. The minimum atomic E-state index is -1.82. The van der Waals surface area contributed by atoms with Gasteiger partial charge in [0, 0.05) is 26.1 Å². The van der Waals surface area contributed by atoms with Crippen molar-refractivity contribution in [3.05, 3.63) is 47.4 Å². The summed E-state index contributed by atoms with van der Waals surface area (Å²) in [6.45, 7) is -0.00549. The SMILES string of the molecule is [2H]C1([2H])c2cc(C)nn2-c2cccc(Nc3cc(NC(=O)C4CC4)nnc3C(=O)NC)c2N1C. The highest BCUT2D eigenvalue weighted by Crippen LogP contribution is 2.39. The molecule has 1 aliphatic carbocycles. The highest BCUT2D eigenvalue weighted by molar-refractivity contribution is 6.00. The molecule has 1 aromatic carbocycles. The smallest absolute Gasteiger partial charge is 0.273 e. The minimum Gasteiger partial charge on any atom is -0.365 e. The van der Waals surface area contributed by atoms with Crippen LogP contribution in [0, 0.1) is 12.8 Å². The van der Waals surface area contributed by atoms with E-state index >= 15 is 0 Å². The monoisotopic (exact) mass is 434 g/mol. The van der Waals surface area contributed by atoms with Gasteiger partial charge in [-0.05, 0) is 38.0 Å². The second kappa shape index (κ2) is 7.63. The van der Waals surface area contributed by atoms with Crippen LogP contribution in [-0.2, 0) is 11.3 Å². The number of carbonyl (C=O) groups excluding carboxylic acids is 2. The molecule has 1 fully saturated rings. The molecule has 3 aromatic rings. The largest absolute Gasteiger partial charge is 0.365 e. The number of anilines is 4. The summed E-state index contributed by atoms with van der Waals surface area (Å²) in [5.41, 5.74) is 3.30. The van der Waals surface area contributed by atoms with Gasteiger partial charge in [0.1, 0.15) is 0 Å². The summed E-state index contributed by atoms with van der Waals surface area (Å²) in [6, 6.07) is 8.74. The lowest BCUT2D eigenvalue weighted by Crippen LogP contribution is -2.27. The number of carbonyl (C=O) groups is 2. The van der Waals surface area contributed by atoms with Crippen LogP contribution in [0.15, 0.2) is 30.3 Å². The molecule has 0 bridgehead atoms. The Morgan fingerprint density at radius 3 is 2.75 bits per heavy atom. The fourth-order valence-corrected chi connectivity index (χ4v) is 3.70. The van der Waals surface area contributed by atoms with Crippen LogP contribution >= 0.6 is 0 Å². The van der Waals surface area contributed by atoms with E-state index in [1.54, 1.807) is 29.9 Å². The van der Waals surface area contributed by atoms with Gasteiger partial charge in [0.15, 0.2) is 11.5 Å². The molecule has 10 heteroatoms. The molecule has 0 spiro atoms. The van der Waals surface area contributed by atoms with E-state index in [0.29, 0.717) is 34.1 Å². The molecule has 2 aromatic heterocycles. The summed E-state index contributed by atoms with van der Waals surface area (Å²) in [5.74, 6) is -0.362. The maximum atomic E-state index is 12.5. The molecule has 5 rings (SSSR count). The number of nitrogens with one attached hydrogen (secondary N) is 3. The molecule has 0 atom stereocenters. The Labute approximate surface area is 187 Å². The lowest BCUT2D eigenvalue weighted by atomic mass is 10.1. The molecule has 2 aliphatic rings. The third-order valence-electron chi connectivity index (χ3n) is 5.40. The molecule has 3 N–H and O–H groups in total. The van der Waals surface area contributed by atoms with Crippen LogP contribution in [0.4, 0.5) is 22.9 Å². The summed E-state index contributed by atoms with van der Waals surface area (Å²) >= 11 is 0. The number of fused-ring (bicyclic) bond motifs is 3. The molecule has 1 saturated carbocycles.